The maximum Gasteiger partial charge on any atom is 0.256 e. The molecule has 1 fully saturated rings. The smallest absolute Gasteiger partial charge is 0.256 e. The Labute approximate surface area is 184 Å². The fourth-order valence-electron chi connectivity index (χ4n) is 3.54. The van der Waals surface area contributed by atoms with E-state index in [0.717, 1.165) is 12.8 Å². The van der Waals surface area contributed by atoms with Crippen LogP contribution in [0.2, 0.25) is 5.02 Å². The summed E-state index contributed by atoms with van der Waals surface area (Å²) in [6.07, 6.45) is 3.72. The van der Waals surface area contributed by atoms with E-state index in [9.17, 15) is 14.0 Å². The number of hydrogen-bond donors (Lipinski definition) is 1. The van der Waals surface area contributed by atoms with Gasteiger partial charge in [-0.2, -0.15) is 0 Å². The highest BCUT2D eigenvalue weighted by Gasteiger charge is 2.23. The second kappa shape index (κ2) is 9.31. The summed E-state index contributed by atoms with van der Waals surface area (Å²) in [7, 11) is 0. The number of oxazole rings is 1. The number of benzene rings is 2. The van der Waals surface area contributed by atoms with Crippen LogP contribution in [0.1, 0.15) is 35.5 Å². The van der Waals surface area contributed by atoms with Crippen molar-refractivity contribution in [1.82, 2.24) is 9.88 Å². The zero-order valence-corrected chi connectivity index (χ0v) is 17.5. The van der Waals surface area contributed by atoms with E-state index in [2.05, 4.69) is 10.3 Å². The number of rotatable bonds is 6. The maximum atomic E-state index is 13.9. The van der Waals surface area contributed by atoms with Crippen LogP contribution in [0.4, 0.5) is 10.1 Å². The lowest BCUT2D eigenvalue weighted by Gasteiger charge is -2.18. The number of nitrogens with zero attached hydrogens (tertiary/aromatic N) is 2. The molecule has 3 aromatic rings. The molecule has 4 rings (SSSR count). The highest BCUT2D eigenvalue weighted by Crippen LogP contribution is 2.25. The number of halogens is 2. The van der Waals surface area contributed by atoms with E-state index in [1.54, 1.807) is 41.3 Å². The van der Waals surface area contributed by atoms with E-state index in [1.165, 1.54) is 12.3 Å². The first-order valence-corrected chi connectivity index (χ1v) is 10.5. The van der Waals surface area contributed by atoms with Gasteiger partial charge in [-0.15, -0.1) is 0 Å². The Morgan fingerprint density at radius 1 is 1.16 bits per heavy atom. The predicted octanol–water partition coefficient (Wildman–Crippen LogP) is 4.94. The topological polar surface area (TPSA) is 75.4 Å². The molecule has 1 aliphatic rings. The Hall–Kier alpha value is -3.19. The van der Waals surface area contributed by atoms with E-state index < -0.39 is 5.82 Å². The van der Waals surface area contributed by atoms with Gasteiger partial charge in [0, 0.05) is 31.0 Å². The molecule has 2 aromatic carbocycles. The van der Waals surface area contributed by atoms with Crippen molar-refractivity contribution in [2.24, 2.45) is 0 Å². The number of carbonyl (C=O) groups excluding carboxylic acids is 2. The van der Waals surface area contributed by atoms with Crippen LogP contribution in [0.25, 0.3) is 11.3 Å². The lowest BCUT2D eigenvalue weighted by Crippen LogP contribution is -2.29. The Bertz CT molecular complexity index is 1110. The molecule has 0 radical (unpaired) electrons. The van der Waals surface area contributed by atoms with Gasteiger partial charge >= 0.3 is 0 Å². The van der Waals surface area contributed by atoms with Crippen LogP contribution >= 0.6 is 11.6 Å². The number of likely N-dealkylation sites (tertiary alicyclic amines) is 1. The molecule has 0 saturated carbocycles. The molecule has 1 saturated heterocycles. The van der Waals surface area contributed by atoms with E-state index in [4.69, 9.17) is 16.0 Å². The van der Waals surface area contributed by atoms with Crippen molar-refractivity contribution >= 4 is 29.1 Å². The SMILES string of the molecule is O=C(CCc1ncc(-c2ccccc2F)o1)Nc1ccc(Cl)cc1C(=O)N1CCCC1. The van der Waals surface area contributed by atoms with Crippen molar-refractivity contribution in [2.45, 2.75) is 25.7 Å². The summed E-state index contributed by atoms with van der Waals surface area (Å²) < 4.78 is 19.5. The average molecular weight is 442 g/mol. The normalized spacial score (nSPS) is 13.4. The van der Waals surface area contributed by atoms with E-state index in [1.807, 2.05) is 0 Å². The van der Waals surface area contributed by atoms with Crippen LogP contribution in [0.15, 0.2) is 53.1 Å². The average Bonchev–Trinajstić information content (AvgIpc) is 3.46. The van der Waals surface area contributed by atoms with Gasteiger partial charge in [0.25, 0.3) is 5.91 Å². The first-order valence-electron chi connectivity index (χ1n) is 10.1. The number of carbonyl (C=O) groups is 2. The quantitative estimate of drug-likeness (QED) is 0.587. The summed E-state index contributed by atoms with van der Waals surface area (Å²) in [5, 5.41) is 3.22. The van der Waals surface area contributed by atoms with Gasteiger partial charge in [-0.3, -0.25) is 9.59 Å². The number of aromatic nitrogens is 1. The molecule has 0 aliphatic carbocycles. The molecule has 6 nitrogen and oxygen atoms in total. The zero-order chi connectivity index (χ0) is 21.8. The number of nitrogens with one attached hydrogen (secondary N) is 1. The van der Waals surface area contributed by atoms with Gasteiger partial charge in [0.15, 0.2) is 11.7 Å². The molecule has 160 valence electrons. The second-order valence-corrected chi connectivity index (χ2v) is 7.77. The van der Waals surface area contributed by atoms with Crippen molar-refractivity contribution in [3.05, 3.63) is 71.0 Å². The minimum Gasteiger partial charge on any atom is -0.441 e. The third kappa shape index (κ3) is 4.94. The molecule has 1 N–H and O–H groups in total. The van der Waals surface area contributed by atoms with E-state index in [-0.39, 0.29) is 24.7 Å². The van der Waals surface area contributed by atoms with Gasteiger partial charge < -0.3 is 14.6 Å². The van der Waals surface area contributed by atoms with Crippen molar-refractivity contribution < 1.29 is 18.4 Å². The standard InChI is InChI=1S/C23H21ClFN3O3/c24-15-7-8-19(17(13-15)23(30)28-11-3-4-12-28)27-21(29)9-10-22-26-14-20(31-22)16-5-1-2-6-18(16)25/h1-2,5-8,13-14H,3-4,9-12H2,(H,27,29). The fraction of sp³-hybridized carbons (Fsp3) is 0.261. The Morgan fingerprint density at radius 3 is 2.71 bits per heavy atom. The van der Waals surface area contributed by atoms with Crippen LogP contribution in [0.5, 0.6) is 0 Å². The largest absolute Gasteiger partial charge is 0.441 e. The van der Waals surface area contributed by atoms with Crippen LogP contribution in [0.3, 0.4) is 0 Å². The molecule has 0 atom stereocenters. The van der Waals surface area contributed by atoms with Gasteiger partial charge in [-0.05, 0) is 43.2 Å². The van der Waals surface area contributed by atoms with Gasteiger partial charge in [0.05, 0.1) is 23.0 Å². The molecule has 1 aromatic heterocycles. The van der Waals surface area contributed by atoms with E-state index >= 15 is 0 Å². The highest BCUT2D eigenvalue weighted by atomic mass is 35.5. The number of amides is 2. The van der Waals surface area contributed by atoms with Crippen LogP contribution in [-0.4, -0.2) is 34.8 Å². The van der Waals surface area contributed by atoms with Crippen molar-refractivity contribution in [3.63, 3.8) is 0 Å². The summed E-state index contributed by atoms with van der Waals surface area (Å²) in [6, 6.07) is 11.1. The monoisotopic (exact) mass is 441 g/mol. The van der Waals surface area contributed by atoms with Gasteiger partial charge in [0.2, 0.25) is 5.91 Å². The summed E-state index contributed by atoms with van der Waals surface area (Å²) in [5.74, 6) is -0.190. The third-order valence-electron chi connectivity index (χ3n) is 5.14. The molecule has 2 amide bonds. The van der Waals surface area contributed by atoms with Crippen molar-refractivity contribution in [3.8, 4) is 11.3 Å². The number of anilines is 1. The van der Waals surface area contributed by atoms with Gasteiger partial charge in [0.1, 0.15) is 5.82 Å². The predicted molar refractivity (Wildman–Crippen MR) is 115 cm³/mol. The zero-order valence-electron chi connectivity index (χ0n) is 16.7. The lowest BCUT2D eigenvalue weighted by molar-refractivity contribution is -0.116. The van der Waals surface area contributed by atoms with Crippen LogP contribution in [0, 0.1) is 5.82 Å². The summed E-state index contributed by atoms with van der Waals surface area (Å²) >= 11 is 6.08. The maximum absolute atomic E-state index is 13.9. The van der Waals surface area contributed by atoms with Crippen molar-refractivity contribution in [1.29, 1.82) is 0 Å². The Balaban J connectivity index is 1.41. The third-order valence-corrected chi connectivity index (χ3v) is 5.37. The first-order chi connectivity index (χ1) is 15.0. The minimum absolute atomic E-state index is 0.0944. The summed E-state index contributed by atoms with van der Waals surface area (Å²) in [5.41, 5.74) is 1.11. The molecule has 2 heterocycles. The molecular weight excluding hydrogens is 421 g/mol. The van der Waals surface area contributed by atoms with E-state index in [0.29, 0.717) is 46.6 Å². The van der Waals surface area contributed by atoms with Crippen LogP contribution < -0.4 is 5.32 Å². The molecule has 0 bridgehead atoms. The summed E-state index contributed by atoms with van der Waals surface area (Å²) in [6.45, 7) is 1.40. The first kappa shape index (κ1) is 21.1. The number of aryl methyl sites for hydroxylation is 1. The molecular formula is C23H21ClFN3O3. The Kier molecular flexibility index (Phi) is 6.32. The molecule has 0 spiro atoms. The Morgan fingerprint density at radius 2 is 1.94 bits per heavy atom. The second-order valence-electron chi connectivity index (χ2n) is 7.34. The minimum atomic E-state index is -0.402. The number of hydrogen-bond acceptors (Lipinski definition) is 4. The lowest BCUT2D eigenvalue weighted by atomic mass is 10.1. The fourth-order valence-corrected chi connectivity index (χ4v) is 3.71. The molecule has 31 heavy (non-hydrogen) atoms. The molecule has 0 unspecified atom stereocenters. The van der Waals surface area contributed by atoms with Crippen molar-refractivity contribution in [2.75, 3.05) is 18.4 Å². The highest BCUT2D eigenvalue weighted by molar-refractivity contribution is 6.31. The van der Waals surface area contributed by atoms with Gasteiger partial charge in [-0.1, -0.05) is 23.7 Å². The van der Waals surface area contributed by atoms with Gasteiger partial charge in [-0.25, -0.2) is 9.37 Å². The summed E-state index contributed by atoms with van der Waals surface area (Å²) in [4.78, 5) is 31.2. The molecule has 1 aliphatic heterocycles. The van der Waals surface area contributed by atoms with Crippen LogP contribution in [-0.2, 0) is 11.2 Å². The molecule has 8 heteroatoms.